The molecule has 0 bridgehead atoms. The Labute approximate surface area is 108 Å². The molecule has 2 heterocycles. The van der Waals surface area contributed by atoms with Gasteiger partial charge < -0.3 is 14.8 Å². The second kappa shape index (κ2) is 5.39. The first-order chi connectivity index (χ1) is 8.88. The molecule has 3 rings (SSSR count). The molecule has 3 nitrogen and oxygen atoms in total. The van der Waals surface area contributed by atoms with Crippen molar-refractivity contribution in [3.63, 3.8) is 0 Å². The van der Waals surface area contributed by atoms with Gasteiger partial charge in [0.1, 0.15) is 0 Å². The molecular weight excluding hydrogens is 226 g/mol. The molecule has 18 heavy (non-hydrogen) atoms. The number of benzene rings is 1. The molecule has 0 amide bonds. The van der Waals surface area contributed by atoms with Crippen molar-refractivity contribution in [1.82, 2.24) is 5.32 Å². The molecule has 0 aliphatic carbocycles. The summed E-state index contributed by atoms with van der Waals surface area (Å²) < 4.78 is 10.9. The van der Waals surface area contributed by atoms with E-state index in [1.54, 1.807) is 0 Å². The Bertz CT molecular complexity index is 413. The molecule has 1 N–H and O–H groups in total. The Hall–Kier alpha value is -0.900. The van der Waals surface area contributed by atoms with Gasteiger partial charge in [0, 0.05) is 19.3 Å². The number of rotatable bonds is 3. The van der Waals surface area contributed by atoms with Crippen molar-refractivity contribution in [2.24, 2.45) is 5.92 Å². The summed E-state index contributed by atoms with van der Waals surface area (Å²) in [5.74, 6) is 0.684. The normalized spacial score (nSPS) is 21.8. The van der Waals surface area contributed by atoms with Crippen LogP contribution in [0.25, 0.3) is 0 Å². The zero-order valence-electron chi connectivity index (χ0n) is 10.9. The lowest BCUT2D eigenvalue weighted by molar-refractivity contribution is 0.0546. The summed E-state index contributed by atoms with van der Waals surface area (Å²) in [6.07, 6.45) is 2.30. The van der Waals surface area contributed by atoms with Crippen molar-refractivity contribution in [2.45, 2.75) is 32.1 Å². The molecule has 2 aliphatic rings. The summed E-state index contributed by atoms with van der Waals surface area (Å²) in [4.78, 5) is 0. The van der Waals surface area contributed by atoms with E-state index < -0.39 is 0 Å². The van der Waals surface area contributed by atoms with Crippen LogP contribution in [0.3, 0.4) is 0 Å². The van der Waals surface area contributed by atoms with Crippen LogP contribution in [0.1, 0.15) is 35.6 Å². The molecule has 1 saturated heterocycles. The van der Waals surface area contributed by atoms with E-state index in [0.29, 0.717) is 12.0 Å². The van der Waals surface area contributed by atoms with E-state index in [9.17, 15) is 0 Å². The molecule has 1 aromatic rings. The highest BCUT2D eigenvalue weighted by Gasteiger charge is 2.25. The molecule has 2 aliphatic heterocycles. The van der Waals surface area contributed by atoms with Crippen LogP contribution < -0.4 is 5.32 Å². The first kappa shape index (κ1) is 12.2. The Morgan fingerprint density at radius 3 is 2.67 bits per heavy atom. The van der Waals surface area contributed by atoms with Gasteiger partial charge in [0.15, 0.2) is 0 Å². The minimum atomic E-state index is 0.444. The summed E-state index contributed by atoms with van der Waals surface area (Å²) in [6.45, 7) is 3.35. The summed E-state index contributed by atoms with van der Waals surface area (Å²) in [7, 11) is 2.06. The minimum absolute atomic E-state index is 0.444. The van der Waals surface area contributed by atoms with Gasteiger partial charge >= 0.3 is 0 Å². The molecule has 1 atom stereocenters. The van der Waals surface area contributed by atoms with Crippen molar-refractivity contribution >= 4 is 0 Å². The van der Waals surface area contributed by atoms with Gasteiger partial charge in [-0.3, -0.25) is 0 Å². The highest BCUT2D eigenvalue weighted by molar-refractivity contribution is 5.35. The van der Waals surface area contributed by atoms with Crippen LogP contribution in [0.5, 0.6) is 0 Å². The predicted molar refractivity (Wildman–Crippen MR) is 70.3 cm³/mol. The maximum Gasteiger partial charge on any atom is 0.0725 e. The summed E-state index contributed by atoms with van der Waals surface area (Å²) >= 11 is 0. The van der Waals surface area contributed by atoms with Crippen LogP contribution in [0.15, 0.2) is 18.2 Å². The third kappa shape index (κ3) is 2.30. The maximum atomic E-state index is 5.49. The molecular formula is C15H21NO2. The summed E-state index contributed by atoms with van der Waals surface area (Å²) in [5.41, 5.74) is 4.11. The molecule has 0 spiro atoms. The molecule has 0 radical (unpaired) electrons. The van der Waals surface area contributed by atoms with Gasteiger partial charge in [0.05, 0.1) is 13.2 Å². The van der Waals surface area contributed by atoms with Crippen LogP contribution in [0.2, 0.25) is 0 Å². The first-order valence-corrected chi connectivity index (χ1v) is 6.83. The van der Waals surface area contributed by atoms with Crippen molar-refractivity contribution in [3.05, 3.63) is 34.9 Å². The quantitative estimate of drug-likeness (QED) is 0.889. The zero-order chi connectivity index (χ0) is 12.4. The standard InChI is InChI=1S/C15H21NO2/c1-16-15(11-4-6-17-7-5-11)12-2-3-13-9-18-10-14(13)8-12/h2-3,8,11,15-16H,4-7,9-10H2,1H3. The molecule has 98 valence electrons. The van der Waals surface area contributed by atoms with Crippen molar-refractivity contribution in [1.29, 1.82) is 0 Å². The fourth-order valence-electron chi connectivity index (χ4n) is 3.11. The fourth-order valence-corrected chi connectivity index (χ4v) is 3.11. The van der Waals surface area contributed by atoms with Crippen molar-refractivity contribution in [3.8, 4) is 0 Å². The van der Waals surface area contributed by atoms with Crippen molar-refractivity contribution in [2.75, 3.05) is 20.3 Å². The van der Waals surface area contributed by atoms with Crippen LogP contribution in [-0.2, 0) is 22.7 Å². The van der Waals surface area contributed by atoms with E-state index in [0.717, 1.165) is 39.3 Å². The molecule has 1 unspecified atom stereocenters. The molecule has 1 fully saturated rings. The van der Waals surface area contributed by atoms with E-state index in [2.05, 4.69) is 30.6 Å². The van der Waals surface area contributed by atoms with Gasteiger partial charge in [-0.05, 0) is 42.5 Å². The lowest BCUT2D eigenvalue weighted by atomic mass is 9.86. The van der Waals surface area contributed by atoms with Crippen LogP contribution in [0, 0.1) is 5.92 Å². The Morgan fingerprint density at radius 2 is 1.89 bits per heavy atom. The highest BCUT2D eigenvalue weighted by Crippen LogP contribution is 2.32. The largest absolute Gasteiger partial charge is 0.381 e. The summed E-state index contributed by atoms with van der Waals surface area (Å²) in [6, 6.07) is 7.24. The Kier molecular flexibility index (Phi) is 3.64. The van der Waals surface area contributed by atoms with Gasteiger partial charge in [-0.2, -0.15) is 0 Å². The summed E-state index contributed by atoms with van der Waals surface area (Å²) in [5, 5.41) is 3.48. The SMILES string of the molecule is CNC(c1ccc2c(c1)COC2)C1CCOCC1. The fraction of sp³-hybridized carbons (Fsp3) is 0.600. The topological polar surface area (TPSA) is 30.5 Å². The first-order valence-electron chi connectivity index (χ1n) is 6.83. The second-order valence-corrected chi connectivity index (χ2v) is 5.24. The molecule has 1 aromatic carbocycles. The van der Waals surface area contributed by atoms with Crippen LogP contribution in [-0.4, -0.2) is 20.3 Å². The van der Waals surface area contributed by atoms with E-state index in [4.69, 9.17) is 9.47 Å². The molecule has 0 aromatic heterocycles. The number of hydrogen-bond acceptors (Lipinski definition) is 3. The van der Waals surface area contributed by atoms with Gasteiger partial charge in [-0.1, -0.05) is 18.2 Å². The van der Waals surface area contributed by atoms with Gasteiger partial charge in [-0.25, -0.2) is 0 Å². The molecule has 3 heteroatoms. The number of hydrogen-bond donors (Lipinski definition) is 1. The van der Waals surface area contributed by atoms with Crippen LogP contribution >= 0.6 is 0 Å². The number of ether oxygens (including phenoxy) is 2. The van der Waals surface area contributed by atoms with Gasteiger partial charge in [-0.15, -0.1) is 0 Å². The maximum absolute atomic E-state index is 5.49. The van der Waals surface area contributed by atoms with Crippen molar-refractivity contribution < 1.29 is 9.47 Å². The van der Waals surface area contributed by atoms with E-state index in [1.165, 1.54) is 16.7 Å². The zero-order valence-corrected chi connectivity index (χ0v) is 10.9. The number of fused-ring (bicyclic) bond motifs is 1. The third-order valence-corrected chi connectivity index (χ3v) is 4.15. The van der Waals surface area contributed by atoms with E-state index >= 15 is 0 Å². The second-order valence-electron chi connectivity index (χ2n) is 5.24. The van der Waals surface area contributed by atoms with E-state index in [1.807, 2.05) is 0 Å². The molecule has 0 saturated carbocycles. The minimum Gasteiger partial charge on any atom is -0.381 e. The van der Waals surface area contributed by atoms with Crippen LogP contribution in [0.4, 0.5) is 0 Å². The average molecular weight is 247 g/mol. The lowest BCUT2D eigenvalue weighted by Gasteiger charge is -2.30. The van der Waals surface area contributed by atoms with Gasteiger partial charge in [0.25, 0.3) is 0 Å². The van der Waals surface area contributed by atoms with E-state index in [-0.39, 0.29) is 0 Å². The Balaban J connectivity index is 1.82. The highest BCUT2D eigenvalue weighted by atomic mass is 16.5. The smallest absolute Gasteiger partial charge is 0.0725 e. The Morgan fingerprint density at radius 1 is 1.11 bits per heavy atom. The number of nitrogens with one attached hydrogen (secondary N) is 1. The lowest BCUT2D eigenvalue weighted by Crippen LogP contribution is -2.30. The predicted octanol–water partition coefficient (Wildman–Crippen LogP) is 2.40. The monoisotopic (exact) mass is 247 g/mol. The third-order valence-electron chi connectivity index (χ3n) is 4.15. The average Bonchev–Trinajstić information content (AvgIpc) is 2.88. The van der Waals surface area contributed by atoms with Gasteiger partial charge in [0.2, 0.25) is 0 Å².